The van der Waals surface area contributed by atoms with Gasteiger partial charge in [-0.05, 0) is 18.8 Å². The van der Waals surface area contributed by atoms with E-state index < -0.39 is 5.97 Å². The second kappa shape index (κ2) is 5.33. The molecule has 0 spiro atoms. The van der Waals surface area contributed by atoms with E-state index in [2.05, 4.69) is 30.7 Å². The molecule has 0 unspecified atom stereocenters. The van der Waals surface area contributed by atoms with Crippen molar-refractivity contribution in [3.05, 3.63) is 27.4 Å². The fraction of sp³-hybridized carbons (Fsp3) is 0.615. The van der Waals surface area contributed by atoms with Crippen LogP contribution in [0, 0.1) is 12.3 Å². The van der Waals surface area contributed by atoms with Gasteiger partial charge in [0.05, 0.1) is 0 Å². The molecule has 0 aliphatic carbocycles. The minimum atomic E-state index is -0.910. The van der Waals surface area contributed by atoms with Crippen LogP contribution >= 0.6 is 0 Å². The van der Waals surface area contributed by atoms with E-state index in [9.17, 15) is 9.59 Å². The lowest BCUT2D eigenvalue weighted by molar-refractivity contribution is -0.136. The second-order valence-electron chi connectivity index (χ2n) is 5.71. The fourth-order valence-corrected chi connectivity index (χ4v) is 1.78. The predicted octanol–water partition coefficient (Wildman–Crippen LogP) is 1.68. The zero-order valence-corrected chi connectivity index (χ0v) is 11.3. The zero-order valence-electron chi connectivity index (χ0n) is 11.3. The molecule has 1 aromatic heterocycles. The SMILES string of the molecule is Cc1nc(CC(C)(C)C)[nH]c(=O)c1CCC(=O)O. The van der Waals surface area contributed by atoms with E-state index in [0.717, 1.165) is 0 Å². The van der Waals surface area contributed by atoms with Crippen molar-refractivity contribution in [3.63, 3.8) is 0 Å². The summed E-state index contributed by atoms with van der Waals surface area (Å²) < 4.78 is 0. The monoisotopic (exact) mass is 252 g/mol. The minimum absolute atomic E-state index is 0.0466. The van der Waals surface area contributed by atoms with E-state index in [4.69, 9.17) is 5.11 Å². The number of carboxylic acid groups (broad SMARTS) is 1. The number of hydrogen-bond donors (Lipinski definition) is 2. The number of aliphatic carboxylic acids is 1. The lowest BCUT2D eigenvalue weighted by Gasteiger charge is -2.17. The molecule has 0 aliphatic heterocycles. The number of H-pyrrole nitrogens is 1. The van der Waals surface area contributed by atoms with Gasteiger partial charge in [0.1, 0.15) is 5.82 Å². The van der Waals surface area contributed by atoms with Crippen LogP contribution in [0.5, 0.6) is 0 Å². The van der Waals surface area contributed by atoms with Crippen LogP contribution in [-0.2, 0) is 17.6 Å². The molecule has 0 saturated heterocycles. The second-order valence-corrected chi connectivity index (χ2v) is 5.71. The lowest BCUT2D eigenvalue weighted by atomic mass is 9.92. The summed E-state index contributed by atoms with van der Waals surface area (Å²) in [5, 5.41) is 8.63. The molecule has 5 nitrogen and oxygen atoms in total. The average molecular weight is 252 g/mol. The van der Waals surface area contributed by atoms with Gasteiger partial charge in [-0.1, -0.05) is 20.8 Å². The highest BCUT2D eigenvalue weighted by atomic mass is 16.4. The van der Waals surface area contributed by atoms with E-state index in [1.54, 1.807) is 6.92 Å². The number of hydrogen-bond acceptors (Lipinski definition) is 3. The van der Waals surface area contributed by atoms with Crippen molar-refractivity contribution in [3.8, 4) is 0 Å². The quantitative estimate of drug-likeness (QED) is 0.854. The van der Waals surface area contributed by atoms with Crippen molar-refractivity contribution in [2.24, 2.45) is 5.41 Å². The fourth-order valence-electron chi connectivity index (χ4n) is 1.78. The molecule has 0 aliphatic rings. The summed E-state index contributed by atoms with van der Waals surface area (Å²) in [4.78, 5) is 29.5. The maximum Gasteiger partial charge on any atom is 0.303 e. The third kappa shape index (κ3) is 4.31. The van der Waals surface area contributed by atoms with Crippen LogP contribution < -0.4 is 5.56 Å². The lowest BCUT2D eigenvalue weighted by Crippen LogP contribution is -2.22. The molecule has 0 aromatic carbocycles. The third-order valence-corrected chi connectivity index (χ3v) is 2.56. The van der Waals surface area contributed by atoms with E-state index in [-0.39, 0.29) is 23.8 Å². The Morgan fingerprint density at radius 1 is 1.39 bits per heavy atom. The van der Waals surface area contributed by atoms with Gasteiger partial charge in [0.15, 0.2) is 0 Å². The summed E-state index contributed by atoms with van der Waals surface area (Å²) >= 11 is 0. The number of aromatic amines is 1. The van der Waals surface area contributed by atoms with Gasteiger partial charge in [0.2, 0.25) is 0 Å². The summed E-state index contributed by atoms with van der Waals surface area (Å²) in [6.45, 7) is 7.96. The first-order valence-electron chi connectivity index (χ1n) is 5.99. The van der Waals surface area contributed by atoms with Crippen molar-refractivity contribution in [2.45, 2.75) is 47.0 Å². The van der Waals surface area contributed by atoms with Crippen LogP contribution in [0.2, 0.25) is 0 Å². The number of rotatable bonds is 4. The summed E-state index contributed by atoms with van der Waals surface area (Å²) in [5.41, 5.74) is 0.919. The van der Waals surface area contributed by atoms with Crippen molar-refractivity contribution >= 4 is 5.97 Å². The van der Waals surface area contributed by atoms with Crippen molar-refractivity contribution in [2.75, 3.05) is 0 Å². The maximum atomic E-state index is 11.9. The summed E-state index contributed by atoms with van der Waals surface area (Å²) in [6.07, 6.45) is 0.853. The topological polar surface area (TPSA) is 83.0 Å². The smallest absolute Gasteiger partial charge is 0.303 e. The molecule has 0 amide bonds. The van der Waals surface area contributed by atoms with Gasteiger partial charge in [-0.3, -0.25) is 9.59 Å². The number of nitrogens with zero attached hydrogens (tertiary/aromatic N) is 1. The minimum Gasteiger partial charge on any atom is -0.481 e. The number of aromatic nitrogens is 2. The molecule has 0 saturated carbocycles. The van der Waals surface area contributed by atoms with Crippen LogP contribution in [0.15, 0.2) is 4.79 Å². The Balaban J connectivity index is 2.98. The largest absolute Gasteiger partial charge is 0.481 e. The average Bonchev–Trinajstić information content (AvgIpc) is 2.12. The highest BCUT2D eigenvalue weighted by Gasteiger charge is 2.15. The highest BCUT2D eigenvalue weighted by Crippen LogP contribution is 2.18. The molecule has 2 N–H and O–H groups in total. The molecular formula is C13H20N2O3. The summed E-state index contributed by atoms with van der Waals surface area (Å²) in [5.74, 6) is -0.253. The summed E-state index contributed by atoms with van der Waals surface area (Å²) in [6, 6.07) is 0. The Hall–Kier alpha value is -1.65. The van der Waals surface area contributed by atoms with Crippen LogP contribution in [0.25, 0.3) is 0 Å². The van der Waals surface area contributed by atoms with E-state index >= 15 is 0 Å². The number of carboxylic acids is 1. The van der Waals surface area contributed by atoms with Crippen LogP contribution in [0.3, 0.4) is 0 Å². The molecule has 1 aromatic rings. The van der Waals surface area contributed by atoms with Crippen LogP contribution in [-0.4, -0.2) is 21.0 Å². The van der Waals surface area contributed by atoms with Crippen molar-refractivity contribution in [1.82, 2.24) is 9.97 Å². The van der Waals surface area contributed by atoms with Crippen molar-refractivity contribution in [1.29, 1.82) is 0 Å². The molecular weight excluding hydrogens is 232 g/mol. The Morgan fingerprint density at radius 2 is 2.00 bits per heavy atom. The molecule has 18 heavy (non-hydrogen) atoms. The molecule has 100 valence electrons. The number of nitrogens with one attached hydrogen (secondary N) is 1. The van der Waals surface area contributed by atoms with Gasteiger partial charge < -0.3 is 10.1 Å². The highest BCUT2D eigenvalue weighted by molar-refractivity contribution is 5.67. The third-order valence-electron chi connectivity index (χ3n) is 2.56. The zero-order chi connectivity index (χ0) is 13.9. The molecule has 0 bridgehead atoms. The van der Waals surface area contributed by atoms with E-state index in [1.165, 1.54) is 0 Å². The predicted molar refractivity (Wildman–Crippen MR) is 68.7 cm³/mol. The first-order valence-corrected chi connectivity index (χ1v) is 5.99. The summed E-state index contributed by atoms with van der Waals surface area (Å²) in [7, 11) is 0. The van der Waals surface area contributed by atoms with Crippen LogP contribution in [0.1, 0.15) is 44.3 Å². The maximum absolute atomic E-state index is 11.9. The molecule has 1 rings (SSSR count). The Labute approximate surface area is 106 Å². The molecule has 1 heterocycles. The first kappa shape index (κ1) is 14.4. The van der Waals surface area contributed by atoms with Gasteiger partial charge in [0.25, 0.3) is 5.56 Å². The number of carbonyl (C=O) groups is 1. The van der Waals surface area contributed by atoms with Gasteiger partial charge in [0, 0.05) is 24.1 Å². The van der Waals surface area contributed by atoms with Crippen LogP contribution in [0.4, 0.5) is 0 Å². The first-order chi connectivity index (χ1) is 8.19. The van der Waals surface area contributed by atoms with E-state index in [1.807, 2.05) is 0 Å². The Kier molecular flexibility index (Phi) is 4.27. The van der Waals surface area contributed by atoms with Gasteiger partial charge in [-0.2, -0.15) is 0 Å². The molecule has 0 radical (unpaired) electrons. The van der Waals surface area contributed by atoms with E-state index in [0.29, 0.717) is 23.5 Å². The number of aryl methyl sites for hydroxylation is 1. The Bertz CT molecular complexity index is 498. The Morgan fingerprint density at radius 3 is 2.44 bits per heavy atom. The van der Waals surface area contributed by atoms with Gasteiger partial charge in [-0.15, -0.1) is 0 Å². The normalized spacial score (nSPS) is 11.6. The molecule has 0 fully saturated rings. The van der Waals surface area contributed by atoms with Gasteiger partial charge in [-0.25, -0.2) is 4.98 Å². The van der Waals surface area contributed by atoms with Crippen molar-refractivity contribution < 1.29 is 9.90 Å². The van der Waals surface area contributed by atoms with Gasteiger partial charge >= 0.3 is 5.97 Å². The standard InChI is InChI=1S/C13H20N2O3/c1-8-9(5-6-11(16)17)12(18)15-10(14-8)7-13(2,3)4/h5-7H2,1-4H3,(H,16,17)(H,14,15,18). The molecule has 0 atom stereocenters. The molecule has 5 heteroatoms.